The van der Waals surface area contributed by atoms with Crippen LogP contribution in [-0.4, -0.2) is 15.7 Å². The van der Waals surface area contributed by atoms with E-state index in [1.165, 1.54) is 18.5 Å². The van der Waals surface area contributed by atoms with Gasteiger partial charge in [-0.2, -0.15) is 0 Å². The summed E-state index contributed by atoms with van der Waals surface area (Å²) in [7, 11) is 0. The van der Waals surface area contributed by atoms with E-state index in [2.05, 4.69) is 15.0 Å². The van der Waals surface area contributed by atoms with E-state index in [4.69, 9.17) is 11.6 Å². The molecule has 0 N–H and O–H groups in total. The number of hydrogen-bond acceptors (Lipinski definition) is 3. The Labute approximate surface area is 141 Å². The van der Waals surface area contributed by atoms with Crippen molar-refractivity contribution in [3.05, 3.63) is 82.3 Å². The number of rotatable bonds is 1. The summed E-state index contributed by atoms with van der Waals surface area (Å²) in [5, 5.41) is 0.482. The van der Waals surface area contributed by atoms with Gasteiger partial charge in [0.15, 0.2) is 11.6 Å². The Morgan fingerprint density at radius 2 is 1.88 bits per heavy atom. The van der Waals surface area contributed by atoms with Crippen molar-refractivity contribution in [3.8, 4) is 11.3 Å². The van der Waals surface area contributed by atoms with Gasteiger partial charge in [-0.05, 0) is 24.3 Å². The number of nitrogens with zero attached hydrogens (tertiary/aromatic N) is 3. The third kappa shape index (κ3) is 2.37. The third-order valence-corrected chi connectivity index (χ3v) is 4.13. The van der Waals surface area contributed by atoms with Crippen molar-refractivity contribution in [1.29, 1.82) is 0 Å². The average molecular weight is 342 g/mol. The first-order valence-corrected chi connectivity index (χ1v) is 7.61. The van der Waals surface area contributed by atoms with Gasteiger partial charge in [-0.15, -0.1) is 0 Å². The van der Waals surface area contributed by atoms with Crippen LogP contribution in [0.25, 0.3) is 11.3 Å². The summed E-state index contributed by atoms with van der Waals surface area (Å²) in [4.78, 5) is 12.8. The van der Waals surface area contributed by atoms with Crippen molar-refractivity contribution in [3.63, 3.8) is 0 Å². The predicted molar refractivity (Wildman–Crippen MR) is 88.2 cm³/mol. The first kappa shape index (κ1) is 14.9. The summed E-state index contributed by atoms with van der Waals surface area (Å²) in [6.07, 6.45) is 3.13. The lowest BCUT2D eigenvalue weighted by Gasteiger charge is -2.12. The monoisotopic (exact) mass is 341 g/mol. The Morgan fingerprint density at radius 3 is 2.75 bits per heavy atom. The highest BCUT2D eigenvalue weighted by Gasteiger charge is 2.23. The lowest BCUT2D eigenvalue weighted by atomic mass is 9.95. The van der Waals surface area contributed by atoms with Gasteiger partial charge in [-0.25, -0.2) is 18.7 Å². The van der Waals surface area contributed by atoms with E-state index in [1.54, 1.807) is 18.3 Å². The Hall–Kier alpha value is -2.66. The van der Waals surface area contributed by atoms with E-state index in [-0.39, 0.29) is 12.1 Å². The van der Waals surface area contributed by atoms with E-state index in [9.17, 15) is 8.78 Å². The Kier molecular flexibility index (Phi) is 3.58. The van der Waals surface area contributed by atoms with Crippen LogP contribution in [-0.2, 0) is 6.54 Å². The molecule has 2 heterocycles. The molecule has 1 aliphatic rings. The fourth-order valence-corrected chi connectivity index (χ4v) is 2.97. The molecule has 0 unspecified atom stereocenters. The highest BCUT2D eigenvalue weighted by atomic mass is 35.5. The molecule has 0 bridgehead atoms. The normalized spacial score (nSPS) is 12.9. The molecule has 4 rings (SSSR count). The van der Waals surface area contributed by atoms with Crippen LogP contribution in [0.15, 0.2) is 53.9 Å². The van der Waals surface area contributed by atoms with E-state index >= 15 is 0 Å². The Balaban J connectivity index is 2.02. The molecule has 2 aromatic carbocycles. The quantitative estimate of drug-likeness (QED) is 0.657. The molecule has 0 fully saturated rings. The molecular formula is C18H10ClF2N3. The lowest BCUT2D eigenvalue weighted by Crippen LogP contribution is -2.08. The Morgan fingerprint density at radius 1 is 1.00 bits per heavy atom. The number of halogens is 3. The van der Waals surface area contributed by atoms with Gasteiger partial charge in [0.2, 0.25) is 0 Å². The lowest BCUT2D eigenvalue weighted by molar-refractivity contribution is 0.507. The second kappa shape index (κ2) is 5.76. The summed E-state index contributed by atoms with van der Waals surface area (Å²) in [6.45, 7) is 0.272. The van der Waals surface area contributed by atoms with Crippen LogP contribution in [0.1, 0.15) is 16.7 Å². The van der Waals surface area contributed by atoms with Gasteiger partial charge in [0.1, 0.15) is 6.33 Å². The van der Waals surface area contributed by atoms with Gasteiger partial charge in [0, 0.05) is 33.5 Å². The van der Waals surface area contributed by atoms with Crippen LogP contribution in [0, 0.1) is 11.6 Å². The first-order valence-electron chi connectivity index (χ1n) is 7.23. The molecule has 0 saturated carbocycles. The smallest absolute Gasteiger partial charge is 0.168 e. The number of aromatic nitrogens is 2. The SMILES string of the molecule is Fc1cccc(C2=NCc3cncnc3-c3ccc(Cl)cc32)c1F. The van der Waals surface area contributed by atoms with Gasteiger partial charge in [0.25, 0.3) is 0 Å². The minimum Gasteiger partial charge on any atom is -0.279 e. The molecule has 6 heteroatoms. The minimum atomic E-state index is -0.931. The van der Waals surface area contributed by atoms with Crippen LogP contribution in [0.4, 0.5) is 8.78 Å². The van der Waals surface area contributed by atoms with Gasteiger partial charge < -0.3 is 0 Å². The van der Waals surface area contributed by atoms with Gasteiger partial charge in [0.05, 0.1) is 18.0 Å². The van der Waals surface area contributed by atoms with Crippen LogP contribution in [0.5, 0.6) is 0 Å². The summed E-state index contributed by atoms with van der Waals surface area (Å²) < 4.78 is 28.0. The van der Waals surface area contributed by atoms with E-state index in [1.807, 2.05) is 6.07 Å². The second-order valence-corrected chi connectivity index (χ2v) is 5.79. The number of fused-ring (bicyclic) bond motifs is 3. The first-order chi connectivity index (χ1) is 11.6. The minimum absolute atomic E-state index is 0.0966. The topological polar surface area (TPSA) is 38.1 Å². The summed E-state index contributed by atoms with van der Waals surface area (Å²) >= 11 is 6.13. The van der Waals surface area contributed by atoms with Crippen molar-refractivity contribution >= 4 is 17.3 Å². The van der Waals surface area contributed by atoms with Gasteiger partial charge in [-0.3, -0.25) is 4.99 Å². The highest BCUT2D eigenvalue weighted by molar-refractivity contribution is 6.31. The van der Waals surface area contributed by atoms with Crippen molar-refractivity contribution in [1.82, 2.24) is 9.97 Å². The molecule has 0 spiro atoms. The van der Waals surface area contributed by atoms with E-state index < -0.39 is 11.6 Å². The van der Waals surface area contributed by atoms with Gasteiger partial charge >= 0.3 is 0 Å². The molecule has 3 nitrogen and oxygen atoms in total. The maximum atomic E-state index is 14.3. The second-order valence-electron chi connectivity index (χ2n) is 5.35. The maximum Gasteiger partial charge on any atom is 0.168 e. The van der Waals surface area contributed by atoms with Crippen molar-refractivity contribution in [2.45, 2.75) is 6.54 Å². The zero-order chi connectivity index (χ0) is 16.7. The summed E-state index contributed by atoms with van der Waals surface area (Å²) in [6, 6.07) is 9.27. The maximum absolute atomic E-state index is 14.3. The van der Waals surface area contributed by atoms with Crippen molar-refractivity contribution in [2.24, 2.45) is 4.99 Å². The van der Waals surface area contributed by atoms with Crippen molar-refractivity contribution in [2.75, 3.05) is 0 Å². The fraction of sp³-hybridized carbons (Fsp3) is 0.0556. The van der Waals surface area contributed by atoms with Crippen LogP contribution < -0.4 is 0 Å². The number of aliphatic imine (C=N–C) groups is 1. The van der Waals surface area contributed by atoms with Crippen LogP contribution >= 0.6 is 11.6 Å². The molecule has 0 amide bonds. The number of benzene rings is 2. The average Bonchev–Trinajstić information content (AvgIpc) is 2.74. The molecule has 1 aliphatic heterocycles. The van der Waals surface area contributed by atoms with Crippen LogP contribution in [0.3, 0.4) is 0 Å². The van der Waals surface area contributed by atoms with E-state index in [0.29, 0.717) is 22.0 Å². The molecule has 24 heavy (non-hydrogen) atoms. The molecule has 0 saturated heterocycles. The van der Waals surface area contributed by atoms with E-state index in [0.717, 1.165) is 17.2 Å². The standard InChI is InChI=1S/C18H10ClF2N3/c19-11-4-5-12-14(6-11)18(13-2-1-3-15(20)16(13)21)23-8-10-7-22-9-24-17(10)12/h1-7,9H,8H2. The largest absolute Gasteiger partial charge is 0.279 e. The summed E-state index contributed by atoms with van der Waals surface area (Å²) in [5.74, 6) is -1.85. The molecular weight excluding hydrogens is 332 g/mol. The number of hydrogen-bond donors (Lipinski definition) is 0. The third-order valence-electron chi connectivity index (χ3n) is 3.89. The zero-order valence-corrected chi connectivity index (χ0v) is 13.1. The van der Waals surface area contributed by atoms with Crippen LogP contribution in [0.2, 0.25) is 5.02 Å². The summed E-state index contributed by atoms with van der Waals surface area (Å²) in [5.41, 5.74) is 3.35. The molecule has 0 atom stereocenters. The molecule has 118 valence electrons. The predicted octanol–water partition coefficient (Wildman–Crippen LogP) is 4.43. The van der Waals surface area contributed by atoms with Gasteiger partial charge in [-0.1, -0.05) is 23.7 Å². The highest BCUT2D eigenvalue weighted by Crippen LogP contribution is 2.33. The zero-order valence-electron chi connectivity index (χ0n) is 12.3. The Bertz CT molecular complexity index is 986. The fourth-order valence-electron chi connectivity index (χ4n) is 2.80. The molecule has 3 aromatic rings. The molecule has 0 aliphatic carbocycles. The molecule has 1 aromatic heterocycles. The molecule has 0 radical (unpaired) electrons. The van der Waals surface area contributed by atoms with Crippen molar-refractivity contribution < 1.29 is 8.78 Å².